The van der Waals surface area contributed by atoms with E-state index in [0.717, 1.165) is 4.47 Å². The Morgan fingerprint density at radius 3 is 2.06 bits per heavy atom. The van der Waals surface area contributed by atoms with Gasteiger partial charge in [-0.25, -0.2) is 4.79 Å². The Morgan fingerprint density at radius 1 is 1.29 bits per heavy atom. The van der Waals surface area contributed by atoms with Crippen molar-refractivity contribution in [2.45, 2.75) is 20.8 Å². The van der Waals surface area contributed by atoms with Gasteiger partial charge in [0.15, 0.2) is 6.61 Å². The Hall–Kier alpha value is -0.433. The molecule has 0 bridgehead atoms. The molecule has 0 aliphatic heterocycles. The van der Waals surface area contributed by atoms with Crippen molar-refractivity contribution in [3.05, 3.63) is 34.7 Å². The molecule has 0 aliphatic carbocycles. The Labute approximate surface area is 123 Å². The third kappa shape index (κ3) is 13.5. The molecular weight excluding hydrogens is 279 g/mol. The third-order valence-corrected chi connectivity index (χ3v) is 1.70. The predicted molar refractivity (Wildman–Crippen MR) is 67.5 cm³/mol. The zero-order valence-corrected chi connectivity index (χ0v) is 12.2. The molecule has 0 saturated carbocycles. The van der Waals surface area contributed by atoms with Crippen molar-refractivity contribution in [3.63, 3.8) is 0 Å². The molecule has 1 aromatic carbocycles. The monoisotopic (exact) mass is 294 g/mol. The molecule has 17 heavy (non-hydrogen) atoms. The Morgan fingerprint density at radius 2 is 1.71 bits per heavy atom. The van der Waals surface area contributed by atoms with Crippen LogP contribution >= 0.6 is 15.9 Å². The average Bonchev–Trinajstić information content (AvgIpc) is 2.16. The Kier molecular flexibility index (Phi) is 11.9. The van der Waals surface area contributed by atoms with Gasteiger partial charge in [-0.1, -0.05) is 15.9 Å². The minimum absolute atomic E-state index is 0. The maximum Gasteiger partial charge on any atom is 1.00 e. The number of hydrogen-bond acceptors (Lipinski definition) is 2. The second-order valence-electron chi connectivity index (χ2n) is 3.64. The summed E-state index contributed by atoms with van der Waals surface area (Å²) in [6.45, 7) is 5.95. The number of hydrogen-bond donors (Lipinski definition) is 1. The van der Waals surface area contributed by atoms with E-state index in [-0.39, 0.29) is 25.5 Å². The van der Waals surface area contributed by atoms with Crippen molar-refractivity contribution < 1.29 is 33.5 Å². The van der Waals surface area contributed by atoms with Gasteiger partial charge in [0.25, 0.3) is 0 Å². The van der Waals surface area contributed by atoms with Crippen LogP contribution in [0.1, 0.15) is 20.8 Å². The van der Waals surface area contributed by atoms with Crippen LogP contribution in [0.15, 0.2) is 28.7 Å². The van der Waals surface area contributed by atoms with E-state index in [1.165, 1.54) is 5.92 Å². The molecule has 1 rings (SSSR count). The first kappa shape index (κ1) is 18.9. The largest absolute Gasteiger partial charge is 1.00 e. The number of carboxylic acids is 1. The molecule has 0 fully saturated rings. The number of rotatable bonds is 3. The van der Waals surface area contributed by atoms with Crippen LogP contribution in [0.25, 0.3) is 0 Å². The molecule has 0 spiro atoms. The maximum absolute atomic E-state index is 10.1. The average molecular weight is 295 g/mol. The van der Waals surface area contributed by atoms with Crippen molar-refractivity contribution in [1.29, 1.82) is 0 Å². The van der Waals surface area contributed by atoms with Crippen LogP contribution in [-0.2, 0) is 4.79 Å². The molecule has 0 heterocycles. The number of aliphatic carboxylic acids is 1. The van der Waals surface area contributed by atoms with Crippen LogP contribution < -0.4 is 23.6 Å². The number of carbonyl (C=O) groups is 1. The second-order valence-corrected chi connectivity index (χ2v) is 4.55. The van der Waals surface area contributed by atoms with Gasteiger partial charge in [0.1, 0.15) is 5.75 Å². The molecule has 0 radical (unpaired) electrons. The molecule has 3 nitrogen and oxygen atoms in total. The van der Waals surface area contributed by atoms with E-state index in [2.05, 4.69) is 36.7 Å². The second kappa shape index (κ2) is 10.7. The summed E-state index contributed by atoms with van der Waals surface area (Å²) in [6, 6.07) is 6.98. The first-order valence-corrected chi connectivity index (χ1v) is 5.58. The first-order chi connectivity index (χ1) is 7.41. The summed E-state index contributed by atoms with van der Waals surface area (Å²) in [6.07, 6.45) is 0. The van der Waals surface area contributed by atoms with E-state index in [9.17, 15) is 4.79 Å². The standard InChI is InChI=1S/C8H7BrO3.C4H9.Li/c9-6-1-3-7(4-2-6)12-5-8(10)11;1-4(2)3;/h1-4H,5H2,(H,10,11);1-3H3;/q;-1;+1. The number of ether oxygens (including phenoxy) is 1. The van der Waals surface area contributed by atoms with Crippen molar-refractivity contribution >= 4 is 21.9 Å². The summed E-state index contributed by atoms with van der Waals surface area (Å²) < 4.78 is 5.84. The van der Waals surface area contributed by atoms with Crippen LogP contribution in [0.2, 0.25) is 0 Å². The van der Waals surface area contributed by atoms with Gasteiger partial charge >= 0.3 is 24.8 Å². The van der Waals surface area contributed by atoms with Gasteiger partial charge in [-0.3, -0.25) is 0 Å². The van der Waals surface area contributed by atoms with E-state index < -0.39 is 5.97 Å². The van der Waals surface area contributed by atoms with E-state index in [1.54, 1.807) is 24.3 Å². The molecule has 1 N–H and O–H groups in total. The van der Waals surface area contributed by atoms with Gasteiger partial charge < -0.3 is 15.8 Å². The molecule has 5 heteroatoms. The van der Waals surface area contributed by atoms with Crippen LogP contribution in [0.5, 0.6) is 5.75 Å². The van der Waals surface area contributed by atoms with E-state index in [0.29, 0.717) is 5.75 Å². The van der Waals surface area contributed by atoms with Crippen molar-refractivity contribution in [3.8, 4) is 5.75 Å². The molecular formula is C12H16BrLiO3. The van der Waals surface area contributed by atoms with Crippen LogP contribution in [-0.4, -0.2) is 17.7 Å². The van der Waals surface area contributed by atoms with Gasteiger partial charge in [0.2, 0.25) is 0 Å². The molecule has 0 atom stereocenters. The summed E-state index contributed by atoms with van der Waals surface area (Å²) in [5.41, 5.74) is 0. The number of benzene rings is 1. The number of carboxylic acid groups (broad SMARTS) is 1. The van der Waals surface area contributed by atoms with Crippen molar-refractivity contribution in [2.24, 2.45) is 0 Å². The molecule has 0 amide bonds. The summed E-state index contributed by atoms with van der Waals surface area (Å²) >= 11 is 3.25. The quantitative estimate of drug-likeness (QED) is 0.654. The van der Waals surface area contributed by atoms with Crippen LogP contribution in [0, 0.1) is 5.92 Å². The molecule has 0 aliphatic rings. The van der Waals surface area contributed by atoms with Gasteiger partial charge in [-0.2, -0.15) is 20.8 Å². The minimum atomic E-state index is -0.974. The van der Waals surface area contributed by atoms with Gasteiger partial charge in [0.05, 0.1) is 0 Å². The fraction of sp³-hybridized carbons (Fsp3) is 0.333. The number of halogens is 1. The summed E-state index contributed by atoms with van der Waals surface area (Å²) in [5.74, 6) is 0.999. The van der Waals surface area contributed by atoms with E-state index in [4.69, 9.17) is 9.84 Å². The van der Waals surface area contributed by atoms with Gasteiger partial charge in [-0.15, -0.1) is 0 Å². The van der Waals surface area contributed by atoms with E-state index >= 15 is 0 Å². The normalized spacial score (nSPS) is 8.76. The molecule has 1 aromatic rings. The topological polar surface area (TPSA) is 46.5 Å². The minimum Gasteiger partial charge on any atom is -0.482 e. The maximum atomic E-state index is 10.1. The Balaban J connectivity index is 0. The van der Waals surface area contributed by atoms with E-state index in [1.807, 2.05) is 0 Å². The van der Waals surface area contributed by atoms with Crippen molar-refractivity contribution in [1.82, 2.24) is 0 Å². The van der Waals surface area contributed by atoms with Crippen molar-refractivity contribution in [2.75, 3.05) is 6.61 Å². The van der Waals surface area contributed by atoms with Crippen LogP contribution in [0.3, 0.4) is 0 Å². The molecule has 0 unspecified atom stereocenters. The fourth-order valence-electron chi connectivity index (χ4n) is 0.676. The SMILES string of the molecule is C[C-](C)C.O=C(O)COc1ccc(Br)cc1.[Li+]. The smallest absolute Gasteiger partial charge is 0.482 e. The molecule has 0 saturated heterocycles. The zero-order chi connectivity index (χ0) is 12.6. The zero-order valence-electron chi connectivity index (χ0n) is 10.7. The Bertz CT molecular complexity index is 309. The predicted octanol–water partition coefficient (Wildman–Crippen LogP) is 0.537. The molecule has 0 aromatic heterocycles. The summed E-state index contributed by atoms with van der Waals surface area (Å²) in [5, 5.41) is 8.30. The first-order valence-electron chi connectivity index (χ1n) is 4.78. The molecule has 90 valence electrons. The van der Waals surface area contributed by atoms with Gasteiger partial charge in [-0.05, 0) is 24.3 Å². The fourth-order valence-corrected chi connectivity index (χ4v) is 0.940. The van der Waals surface area contributed by atoms with Crippen LogP contribution in [0.4, 0.5) is 0 Å². The summed E-state index contributed by atoms with van der Waals surface area (Å²) in [4.78, 5) is 10.1. The third-order valence-electron chi connectivity index (χ3n) is 1.18. The van der Waals surface area contributed by atoms with Gasteiger partial charge in [0, 0.05) is 4.47 Å². The summed E-state index contributed by atoms with van der Waals surface area (Å²) in [7, 11) is 0.